The van der Waals surface area contributed by atoms with E-state index in [1.54, 1.807) is 12.3 Å². The Morgan fingerprint density at radius 3 is 3.00 bits per heavy atom. The maximum atomic E-state index is 7.22. The van der Waals surface area contributed by atoms with Gasteiger partial charge in [0.25, 0.3) is 0 Å². The topological polar surface area (TPSA) is 63.0 Å². The van der Waals surface area contributed by atoms with E-state index in [0.717, 1.165) is 16.5 Å². The average Bonchev–Trinajstić information content (AvgIpc) is 2.50. The van der Waals surface area contributed by atoms with Gasteiger partial charge in [0.05, 0.1) is 12.1 Å². The molecule has 0 amide bonds. The van der Waals surface area contributed by atoms with Crippen molar-refractivity contribution in [2.45, 2.75) is 6.42 Å². The molecule has 0 aliphatic heterocycles. The number of nitrogens with one attached hydrogen (secondary N) is 1. The highest BCUT2D eigenvalue weighted by Crippen LogP contribution is 2.25. The van der Waals surface area contributed by atoms with Crippen molar-refractivity contribution in [3.63, 3.8) is 0 Å². The van der Waals surface area contributed by atoms with Gasteiger partial charge in [0, 0.05) is 22.4 Å². The Labute approximate surface area is 86.0 Å². The van der Waals surface area contributed by atoms with E-state index in [-0.39, 0.29) is 5.84 Å². The van der Waals surface area contributed by atoms with E-state index >= 15 is 0 Å². The molecule has 0 fully saturated rings. The molecule has 14 heavy (non-hydrogen) atoms. The fourth-order valence-corrected chi connectivity index (χ4v) is 1.70. The molecule has 0 bridgehead atoms. The minimum Gasteiger partial charge on any atom is -0.464 e. The van der Waals surface area contributed by atoms with Crippen LogP contribution < -0.4 is 5.73 Å². The van der Waals surface area contributed by atoms with E-state index < -0.39 is 0 Å². The quantitative estimate of drug-likeness (QED) is 0.589. The second kappa shape index (κ2) is 3.35. The molecule has 2 aromatic rings. The molecule has 0 saturated heterocycles. The third-order valence-corrected chi connectivity index (χ3v) is 2.19. The van der Waals surface area contributed by atoms with Crippen LogP contribution in [-0.4, -0.2) is 5.84 Å². The van der Waals surface area contributed by atoms with E-state index in [1.165, 1.54) is 0 Å². The number of benzene rings is 1. The molecule has 0 radical (unpaired) electrons. The molecule has 0 unspecified atom stereocenters. The molecule has 0 aliphatic rings. The SMILES string of the molecule is N=C(N)Cc1cc(Cl)cc2ccoc12. The lowest BCUT2D eigenvalue weighted by Crippen LogP contribution is -2.12. The summed E-state index contributed by atoms with van der Waals surface area (Å²) in [7, 11) is 0. The summed E-state index contributed by atoms with van der Waals surface area (Å²) >= 11 is 5.91. The smallest absolute Gasteiger partial charge is 0.137 e. The summed E-state index contributed by atoms with van der Waals surface area (Å²) in [6, 6.07) is 5.43. The lowest BCUT2D eigenvalue weighted by atomic mass is 10.1. The molecule has 1 aromatic carbocycles. The van der Waals surface area contributed by atoms with Crippen LogP contribution in [0.1, 0.15) is 5.56 Å². The number of hydrogen-bond acceptors (Lipinski definition) is 2. The highest BCUT2D eigenvalue weighted by Gasteiger charge is 2.07. The summed E-state index contributed by atoms with van der Waals surface area (Å²) < 4.78 is 5.29. The summed E-state index contributed by atoms with van der Waals surface area (Å²) in [6.45, 7) is 0. The van der Waals surface area contributed by atoms with Gasteiger partial charge in [-0.25, -0.2) is 0 Å². The van der Waals surface area contributed by atoms with Crippen molar-refractivity contribution in [1.29, 1.82) is 5.41 Å². The van der Waals surface area contributed by atoms with Crippen molar-refractivity contribution in [2.24, 2.45) is 5.73 Å². The summed E-state index contributed by atoms with van der Waals surface area (Å²) in [5, 5.41) is 8.80. The van der Waals surface area contributed by atoms with Gasteiger partial charge in [-0.1, -0.05) is 11.6 Å². The van der Waals surface area contributed by atoms with Crippen molar-refractivity contribution >= 4 is 28.4 Å². The first-order valence-corrected chi connectivity index (χ1v) is 4.53. The Bertz CT molecular complexity index is 490. The van der Waals surface area contributed by atoms with Gasteiger partial charge in [0.1, 0.15) is 5.58 Å². The molecular formula is C10H9ClN2O. The largest absolute Gasteiger partial charge is 0.464 e. The summed E-state index contributed by atoms with van der Waals surface area (Å²) in [5.41, 5.74) is 6.94. The Morgan fingerprint density at radius 1 is 1.50 bits per heavy atom. The minimum absolute atomic E-state index is 0.102. The van der Waals surface area contributed by atoms with Gasteiger partial charge in [-0.15, -0.1) is 0 Å². The lowest BCUT2D eigenvalue weighted by Gasteiger charge is -2.01. The monoisotopic (exact) mass is 208 g/mol. The zero-order valence-electron chi connectivity index (χ0n) is 7.38. The van der Waals surface area contributed by atoms with E-state index in [4.69, 9.17) is 27.2 Å². The molecule has 4 heteroatoms. The van der Waals surface area contributed by atoms with Gasteiger partial charge in [-0.2, -0.15) is 0 Å². The zero-order chi connectivity index (χ0) is 10.1. The van der Waals surface area contributed by atoms with E-state index in [1.807, 2.05) is 12.1 Å². The van der Waals surface area contributed by atoms with Crippen molar-refractivity contribution in [3.05, 3.63) is 35.0 Å². The predicted octanol–water partition coefficient (Wildman–Crippen LogP) is 2.56. The van der Waals surface area contributed by atoms with Crippen LogP contribution in [0.25, 0.3) is 11.0 Å². The molecule has 0 atom stereocenters. The predicted molar refractivity (Wildman–Crippen MR) is 56.8 cm³/mol. The summed E-state index contributed by atoms with van der Waals surface area (Å²) in [6.07, 6.45) is 1.97. The van der Waals surface area contributed by atoms with Crippen molar-refractivity contribution in [2.75, 3.05) is 0 Å². The van der Waals surface area contributed by atoms with Gasteiger partial charge in [-0.3, -0.25) is 5.41 Å². The highest BCUT2D eigenvalue weighted by molar-refractivity contribution is 6.31. The Hall–Kier alpha value is -1.48. The molecule has 3 N–H and O–H groups in total. The third kappa shape index (κ3) is 1.59. The first-order chi connectivity index (χ1) is 6.66. The maximum Gasteiger partial charge on any atom is 0.137 e. The molecule has 0 aliphatic carbocycles. The van der Waals surface area contributed by atoms with Crippen LogP contribution in [0.5, 0.6) is 0 Å². The number of hydrogen-bond donors (Lipinski definition) is 2. The zero-order valence-corrected chi connectivity index (χ0v) is 8.14. The van der Waals surface area contributed by atoms with Crippen LogP contribution in [0.15, 0.2) is 28.9 Å². The first-order valence-electron chi connectivity index (χ1n) is 4.15. The van der Waals surface area contributed by atoms with Crippen molar-refractivity contribution in [3.8, 4) is 0 Å². The maximum absolute atomic E-state index is 7.22. The standard InChI is InChI=1S/C10H9ClN2O/c11-8-3-6-1-2-14-10(6)7(4-8)5-9(12)13/h1-4H,5H2,(H3,12,13). The number of nitrogens with two attached hydrogens (primary N) is 1. The van der Waals surface area contributed by atoms with Crippen LogP contribution in [0, 0.1) is 5.41 Å². The molecule has 1 heterocycles. The third-order valence-electron chi connectivity index (χ3n) is 1.97. The summed E-state index contributed by atoms with van der Waals surface area (Å²) in [4.78, 5) is 0. The van der Waals surface area contributed by atoms with Gasteiger partial charge < -0.3 is 10.2 Å². The van der Waals surface area contributed by atoms with Crippen LogP contribution in [0.4, 0.5) is 0 Å². The molecule has 2 rings (SSSR count). The van der Waals surface area contributed by atoms with Crippen LogP contribution in [0.2, 0.25) is 5.02 Å². The fourth-order valence-electron chi connectivity index (χ4n) is 1.45. The number of rotatable bonds is 2. The van der Waals surface area contributed by atoms with Crippen molar-refractivity contribution < 1.29 is 4.42 Å². The second-order valence-corrected chi connectivity index (χ2v) is 3.54. The van der Waals surface area contributed by atoms with Crippen LogP contribution in [0.3, 0.4) is 0 Å². The van der Waals surface area contributed by atoms with Crippen molar-refractivity contribution in [1.82, 2.24) is 0 Å². The van der Waals surface area contributed by atoms with E-state index in [2.05, 4.69) is 0 Å². The number of halogens is 1. The fraction of sp³-hybridized carbons (Fsp3) is 0.100. The molecule has 1 aromatic heterocycles. The van der Waals surface area contributed by atoms with Gasteiger partial charge in [-0.05, 0) is 18.2 Å². The van der Waals surface area contributed by atoms with Gasteiger partial charge in [0.15, 0.2) is 0 Å². The molecule has 3 nitrogen and oxygen atoms in total. The Morgan fingerprint density at radius 2 is 2.29 bits per heavy atom. The molecule has 0 spiro atoms. The Balaban J connectivity index is 2.60. The highest BCUT2D eigenvalue weighted by atomic mass is 35.5. The van der Waals surface area contributed by atoms with E-state index in [9.17, 15) is 0 Å². The van der Waals surface area contributed by atoms with Gasteiger partial charge >= 0.3 is 0 Å². The Kier molecular flexibility index (Phi) is 2.17. The molecule has 72 valence electrons. The number of amidine groups is 1. The van der Waals surface area contributed by atoms with Gasteiger partial charge in [0.2, 0.25) is 0 Å². The van der Waals surface area contributed by atoms with Crippen LogP contribution >= 0.6 is 11.6 Å². The first kappa shape index (κ1) is 9.09. The molecule has 0 saturated carbocycles. The van der Waals surface area contributed by atoms with E-state index in [0.29, 0.717) is 11.4 Å². The van der Waals surface area contributed by atoms with Crippen LogP contribution in [-0.2, 0) is 6.42 Å². The lowest BCUT2D eigenvalue weighted by molar-refractivity contribution is 0.612. The minimum atomic E-state index is 0.102. The second-order valence-electron chi connectivity index (χ2n) is 3.11. The number of fused-ring (bicyclic) bond motifs is 1. The molecular weight excluding hydrogens is 200 g/mol. The summed E-state index contributed by atoms with van der Waals surface area (Å²) in [5.74, 6) is 0.102. The normalized spacial score (nSPS) is 10.6. The number of furan rings is 1. The average molecular weight is 209 g/mol.